The smallest absolute Gasteiger partial charge is 0.295 e. The quantitative estimate of drug-likeness (QED) is 0.302. The van der Waals surface area contributed by atoms with Crippen molar-refractivity contribution in [3.05, 3.63) is 32.1 Å². The fourth-order valence-corrected chi connectivity index (χ4v) is 4.06. The molecule has 3 rings (SSSR count). The Labute approximate surface area is 304 Å². The highest BCUT2D eigenvalue weighted by molar-refractivity contribution is 6.11. The van der Waals surface area contributed by atoms with Crippen molar-refractivity contribution >= 4 is 23.0 Å². The number of H-pyrrole nitrogens is 2. The summed E-state index contributed by atoms with van der Waals surface area (Å²) in [6.45, 7) is 40.7. The third kappa shape index (κ3) is 13.9. The number of aryl methyl sites for hydroxylation is 2. The molecule has 3 heterocycles. The summed E-state index contributed by atoms with van der Waals surface area (Å²) in [5.41, 5.74) is 1.06. The molecule has 2 N–H and O–H groups in total. The van der Waals surface area contributed by atoms with Gasteiger partial charge in [-0.05, 0) is 145 Å². The van der Waals surface area contributed by atoms with Crippen LogP contribution in [0.5, 0.6) is 0 Å². The number of hydrogen-bond acceptors (Lipinski definition) is 10. The van der Waals surface area contributed by atoms with Crippen LogP contribution in [0.3, 0.4) is 0 Å². The number of aromatic nitrogens is 4. The summed E-state index contributed by atoms with van der Waals surface area (Å²) < 4.78 is 3.17. The highest BCUT2D eigenvalue weighted by Crippen LogP contribution is 2.24. The van der Waals surface area contributed by atoms with E-state index in [-0.39, 0.29) is 50.3 Å². The van der Waals surface area contributed by atoms with E-state index in [1.807, 2.05) is 145 Å². The molecule has 0 radical (unpaired) electrons. The summed E-state index contributed by atoms with van der Waals surface area (Å²) in [5.74, 6) is -0.0944. The van der Waals surface area contributed by atoms with Gasteiger partial charge < -0.3 is 0 Å². The summed E-state index contributed by atoms with van der Waals surface area (Å²) in [4.78, 5) is 36.4. The summed E-state index contributed by atoms with van der Waals surface area (Å²) in [7, 11) is 0. The van der Waals surface area contributed by atoms with Crippen LogP contribution in [0.25, 0.3) is 0 Å². The second-order valence-corrected chi connectivity index (χ2v) is 18.9. The van der Waals surface area contributed by atoms with Crippen molar-refractivity contribution in [1.29, 1.82) is 0 Å². The lowest BCUT2D eigenvalue weighted by Crippen LogP contribution is -2.42. The lowest BCUT2D eigenvalue weighted by molar-refractivity contribution is -0.134. The van der Waals surface area contributed by atoms with Crippen LogP contribution in [0.2, 0.25) is 0 Å². The van der Waals surface area contributed by atoms with Crippen LogP contribution in [-0.2, 0) is 15.9 Å². The molecule has 0 saturated carbocycles. The molecule has 0 spiro atoms. The van der Waals surface area contributed by atoms with E-state index in [2.05, 4.69) is 46.0 Å². The van der Waals surface area contributed by atoms with Crippen LogP contribution in [0.15, 0.2) is 45.4 Å². The predicted molar refractivity (Wildman–Crippen MR) is 206 cm³/mol. The number of carbonyl (C=O) groups is 1. The molecule has 15 nitrogen and oxygen atoms in total. The molecule has 0 saturated heterocycles. The van der Waals surface area contributed by atoms with Gasteiger partial charge in [0, 0.05) is 0 Å². The van der Waals surface area contributed by atoms with E-state index in [0.29, 0.717) is 17.1 Å². The molecule has 1 unspecified atom stereocenters. The summed E-state index contributed by atoms with van der Waals surface area (Å²) in [6.07, 6.45) is 0. The Morgan fingerprint density at radius 1 is 0.529 bits per heavy atom. The third-order valence-electron chi connectivity index (χ3n) is 6.53. The minimum absolute atomic E-state index is 0.0944. The maximum absolute atomic E-state index is 12.1. The van der Waals surface area contributed by atoms with Crippen LogP contribution in [0.4, 0.5) is 11.4 Å². The molecular weight excluding hydrogens is 648 g/mol. The maximum Gasteiger partial charge on any atom is 0.295 e. The van der Waals surface area contributed by atoms with E-state index in [4.69, 9.17) is 0 Å². The first-order chi connectivity index (χ1) is 22.6. The molecular formula is C36H66N12O3. The summed E-state index contributed by atoms with van der Waals surface area (Å²) in [5, 5.41) is 36.5. The molecule has 2 aromatic heterocycles. The first-order valence-corrected chi connectivity index (χ1v) is 17.4. The number of azo groups is 3. The van der Waals surface area contributed by atoms with Crippen LogP contribution in [0.1, 0.15) is 143 Å². The number of hydrazone groups is 1. The van der Waals surface area contributed by atoms with E-state index in [1.165, 1.54) is 5.01 Å². The van der Waals surface area contributed by atoms with Gasteiger partial charge in [-0.25, -0.2) is 14.4 Å². The van der Waals surface area contributed by atoms with Gasteiger partial charge in [-0.3, -0.25) is 24.6 Å². The van der Waals surface area contributed by atoms with E-state index in [0.717, 1.165) is 11.4 Å². The molecule has 15 heteroatoms. The van der Waals surface area contributed by atoms with E-state index < -0.39 is 6.04 Å². The molecule has 0 aliphatic carbocycles. The van der Waals surface area contributed by atoms with Crippen LogP contribution < -0.4 is 11.1 Å². The number of nitrogens with zero attached hydrogens (tertiary/aromatic N) is 10. The van der Waals surface area contributed by atoms with Gasteiger partial charge in [0.2, 0.25) is 0 Å². The number of hydrogen-bond donors (Lipinski definition) is 2. The minimum Gasteiger partial charge on any atom is -0.297 e. The molecule has 288 valence electrons. The summed E-state index contributed by atoms with van der Waals surface area (Å²) in [6, 6.07) is -0.548. The Kier molecular flexibility index (Phi) is 13.8. The lowest BCUT2D eigenvalue weighted by Gasteiger charge is -2.28. The molecule has 1 aliphatic rings. The van der Waals surface area contributed by atoms with Crippen LogP contribution in [0, 0.1) is 13.8 Å². The molecule has 0 fully saturated rings. The molecule has 0 bridgehead atoms. The molecule has 51 heavy (non-hydrogen) atoms. The van der Waals surface area contributed by atoms with Gasteiger partial charge in [0.15, 0.2) is 17.4 Å². The Hall–Kier alpha value is -4.04. The number of carbonyl (C=O) groups excluding carboxylic acids is 1. The van der Waals surface area contributed by atoms with Gasteiger partial charge >= 0.3 is 0 Å². The van der Waals surface area contributed by atoms with Crippen LogP contribution >= 0.6 is 0 Å². The van der Waals surface area contributed by atoms with Gasteiger partial charge in [0.25, 0.3) is 17.0 Å². The van der Waals surface area contributed by atoms with Crippen molar-refractivity contribution in [3.63, 3.8) is 0 Å². The number of nitrogens with one attached hydrogen (secondary N) is 2. The highest BCUT2D eigenvalue weighted by Gasteiger charge is 2.39. The van der Waals surface area contributed by atoms with Crippen molar-refractivity contribution in [3.8, 4) is 0 Å². The number of rotatable bonds is 3. The second kappa shape index (κ2) is 15.7. The molecule has 0 aromatic carbocycles. The Morgan fingerprint density at radius 3 is 1.10 bits per heavy atom. The molecule has 1 aliphatic heterocycles. The Balaban J connectivity index is 0.000000382. The fourth-order valence-electron chi connectivity index (χ4n) is 4.06. The zero-order valence-electron chi connectivity index (χ0n) is 35.3. The average Bonchev–Trinajstić information content (AvgIpc) is 3.48. The van der Waals surface area contributed by atoms with Crippen LogP contribution in [-0.4, -0.2) is 64.4 Å². The molecule has 1 amide bonds. The highest BCUT2D eigenvalue weighted by atomic mass is 16.2. The second-order valence-electron chi connectivity index (χ2n) is 18.9. The van der Waals surface area contributed by atoms with E-state index in [9.17, 15) is 14.4 Å². The summed E-state index contributed by atoms with van der Waals surface area (Å²) >= 11 is 0. The minimum atomic E-state index is -0.548. The number of amides is 1. The Bertz CT molecular complexity index is 1650. The zero-order valence-corrected chi connectivity index (χ0v) is 35.3. The average molecular weight is 715 g/mol. The van der Waals surface area contributed by atoms with Crippen molar-refractivity contribution in [2.45, 2.75) is 185 Å². The number of aromatic amines is 2. The van der Waals surface area contributed by atoms with Crippen molar-refractivity contribution in [1.82, 2.24) is 24.6 Å². The van der Waals surface area contributed by atoms with Gasteiger partial charge in [0.05, 0.1) is 50.3 Å². The van der Waals surface area contributed by atoms with Crippen molar-refractivity contribution in [2.24, 2.45) is 35.8 Å². The van der Waals surface area contributed by atoms with Gasteiger partial charge in [-0.15, -0.1) is 10.2 Å². The first kappa shape index (κ1) is 45.0. The van der Waals surface area contributed by atoms with Crippen molar-refractivity contribution < 1.29 is 4.79 Å². The van der Waals surface area contributed by atoms with Gasteiger partial charge in [-0.1, -0.05) is 0 Å². The zero-order chi connectivity index (χ0) is 40.3. The topological polar surface area (TPSA) is 182 Å². The molecule has 1 atom stereocenters. The van der Waals surface area contributed by atoms with E-state index in [1.54, 1.807) is 9.36 Å². The van der Waals surface area contributed by atoms with E-state index >= 15 is 0 Å². The first-order valence-electron chi connectivity index (χ1n) is 17.4. The monoisotopic (exact) mass is 715 g/mol. The molecule has 2 aromatic rings. The largest absolute Gasteiger partial charge is 0.297 e. The standard InChI is InChI=1S/3C12H22N4O/c3*1-8-9(13-15-11(2,3)4)10(17)16(14-8)12(5,6)7/h2*14H,1-7H3;9H,1-7H3. The lowest BCUT2D eigenvalue weighted by atomic mass is 10.1. The normalized spacial score (nSPS) is 16.6. The SMILES string of the molecule is CC1=NN(C(C)(C)C)C(=O)C1N=NC(C)(C)C.Cc1[nH]n(C(C)(C)C)c(=O)c1N=NC(C)(C)C.Cc1[nH]n(C(C)(C)C)c(=O)c1N=NC(C)(C)C. The third-order valence-corrected chi connectivity index (χ3v) is 6.53. The van der Waals surface area contributed by atoms with Crippen molar-refractivity contribution in [2.75, 3.05) is 0 Å². The van der Waals surface area contributed by atoms with Gasteiger partial charge in [0.1, 0.15) is 0 Å². The fraction of sp³-hybridized carbons (Fsp3) is 0.778. The Morgan fingerprint density at radius 2 is 0.863 bits per heavy atom. The van der Waals surface area contributed by atoms with Gasteiger partial charge in [-0.2, -0.15) is 25.6 Å². The predicted octanol–water partition coefficient (Wildman–Crippen LogP) is 8.87. The maximum atomic E-state index is 12.1.